The van der Waals surface area contributed by atoms with Crippen LogP contribution in [0.15, 0.2) is 90.2 Å². The molecule has 0 spiro atoms. The number of Topliss-reactive ketones (excluding diaryl/α,β-unsaturated/α-hetero) is 1. The van der Waals surface area contributed by atoms with Crippen LogP contribution in [0, 0.1) is 0 Å². The fraction of sp³-hybridized carbons (Fsp3) is 0.0435. The first-order valence-electron chi connectivity index (χ1n) is 8.85. The molecule has 0 aromatic heterocycles. The number of benzene rings is 3. The van der Waals surface area contributed by atoms with Gasteiger partial charge in [-0.2, -0.15) is 0 Å². The third kappa shape index (κ3) is 3.53. The highest BCUT2D eigenvalue weighted by Gasteiger charge is 2.44. The summed E-state index contributed by atoms with van der Waals surface area (Å²) in [5.74, 6) is -1.65. The second-order valence-corrected chi connectivity index (χ2v) is 7.44. The van der Waals surface area contributed by atoms with Crippen LogP contribution in [0.25, 0.3) is 0 Å². The van der Waals surface area contributed by atoms with Crippen molar-refractivity contribution in [3.8, 4) is 0 Å². The molecule has 1 atom stereocenters. The Morgan fingerprint density at radius 3 is 2.21 bits per heavy atom. The molecule has 6 heteroatoms. The second-order valence-electron chi connectivity index (χ2n) is 6.57. The van der Waals surface area contributed by atoms with E-state index in [1.54, 1.807) is 78.9 Å². The van der Waals surface area contributed by atoms with Crippen molar-refractivity contribution in [3.63, 3.8) is 0 Å². The molecular weight excluding hydrogens is 409 g/mol. The Balaban J connectivity index is 1.89. The van der Waals surface area contributed by atoms with Gasteiger partial charge in [0.25, 0.3) is 5.91 Å². The molecule has 0 aliphatic carbocycles. The Bertz CT molecular complexity index is 1120. The predicted octanol–water partition coefficient (Wildman–Crippen LogP) is 5.78. The standard InChI is InChI=1S/C23H15Cl2NO3/c24-16-11-9-14(10-12-16)20-19(21(27)15-5-2-1-3-6-15)22(28)23(29)26(20)18-8-4-7-17(25)13-18/h1-13,20,28H. The monoisotopic (exact) mass is 423 g/mol. The van der Waals surface area contributed by atoms with E-state index in [1.807, 2.05) is 0 Å². The lowest BCUT2D eigenvalue weighted by Crippen LogP contribution is -2.31. The van der Waals surface area contributed by atoms with Crippen LogP contribution >= 0.6 is 23.2 Å². The van der Waals surface area contributed by atoms with Crippen LogP contribution in [-0.2, 0) is 4.79 Å². The second kappa shape index (κ2) is 7.74. The Morgan fingerprint density at radius 1 is 0.862 bits per heavy atom. The zero-order chi connectivity index (χ0) is 20.5. The summed E-state index contributed by atoms with van der Waals surface area (Å²) < 4.78 is 0. The molecule has 1 N–H and O–H groups in total. The predicted molar refractivity (Wildman–Crippen MR) is 114 cm³/mol. The van der Waals surface area contributed by atoms with Crippen molar-refractivity contribution in [2.75, 3.05) is 4.90 Å². The Labute approximate surface area is 177 Å². The summed E-state index contributed by atoms with van der Waals surface area (Å²) in [7, 11) is 0. The number of carbonyl (C=O) groups is 2. The highest BCUT2D eigenvalue weighted by Crippen LogP contribution is 2.42. The van der Waals surface area contributed by atoms with Crippen LogP contribution in [0.4, 0.5) is 5.69 Å². The average molecular weight is 424 g/mol. The van der Waals surface area contributed by atoms with Gasteiger partial charge in [-0.1, -0.05) is 71.7 Å². The van der Waals surface area contributed by atoms with Crippen molar-refractivity contribution in [3.05, 3.63) is 111 Å². The van der Waals surface area contributed by atoms with Gasteiger partial charge in [-0.25, -0.2) is 0 Å². The molecule has 1 amide bonds. The summed E-state index contributed by atoms with van der Waals surface area (Å²) in [4.78, 5) is 27.6. The number of hydrogen-bond donors (Lipinski definition) is 1. The number of ketones is 1. The molecule has 0 fully saturated rings. The van der Waals surface area contributed by atoms with E-state index in [9.17, 15) is 14.7 Å². The third-order valence-corrected chi connectivity index (χ3v) is 5.25. The lowest BCUT2D eigenvalue weighted by Gasteiger charge is -2.27. The molecule has 144 valence electrons. The summed E-state index contributed by atoms with van der Waals surface area (Å²) in [6, 6.07) is 21.3. The maximum absolute atomic E-state index is 13.2. The molecule has 0 bridgehead atoms. The number of carbonyl (C=O) groups excluding carboxylic acids is 2. The largest absolute Gasteiger partial charge is 0.503 e. The highest BCUT2D eigenvalue weighted by molar-refractivity contribution is 6.31. The van der Waals surface area contributed by atoms with Crippen LogP contribution in [0.5, 0.6) is 0 Å². The van der Waals surface area contributed by atoms with E-state index in [1.165, 1.54) is 4.90 Å². The first kappa shape index (κ1) is 19.2. The number of aliphatic hydroxyl groups is 1. The molecule has 3 aromatic rings. The normalized spacial score (nSPS) is 16.4. The zero-order valence-corrected chi connectivity index (χ0v) is 16.6. The maximum atomic E-state index is 13.2. The first-order valence-corrected chi connectivity index (χ1v) is 9.60. The fourth-order valence-corrected chi connectivity index (χ4v) is 3.75. The van der Waals surface area contributed by atoms with E-state index in [2.05, 4.69) is 0 Å². The molecule has 0 saturated heterocycles. The van der Waals surface area contributed by atoms with E-state index in [4.69, 9.17) is 23.2 Å². The summed E-state index contributed by atoms with van der Waals surface area (Å²) >= 11 is 12.1. The smallest absolute Gasteiger partial charge is 0.294 e. The van der Waals surface area contributed by atoms with Gasteiger partial charge in [0.15, 0.2) is 11.5 Å². The molecule has 0 radical (unpaired) electrons. The maximum Gasteiger partial charge on any atom is 0.294 e. The van der Waals surface area contributed by atoms with E-state index >= 15 is 0 Å². The van der Waals surface area contributed by atoms with Crippen LogP contribution in [-0.4, -0.2) is 16.8 Å². The molecule has 1 unspecified atom stereocenters. The minimum atomic E-state index is -0.814. The van der Waals surface area contributed by atoms with Crippen molar-refractivity contribution in [2.24, 2.45) is 0 Å². The molecule has 3 aromatic carbocycles. The molecular formula is C23H15Cl2NO3. The van der Waals surface area contributed by atoms with E-state index in [-0.39, 0.29) is 5.57 Å². The number of amides is 1. The molecule has 4 nitrogen and oxygen atoms in total. The van der Waals surface area contributed by atoms with Gasteiger partial charge in [0, 0.05) is 21.3 Å². The average Bonchev–Trinajstić information content (AvgIpc) is 2.99. The molecule has 4 rings (SSSR count). The number of halogens is 2. The molecule has 29 heavy (non-hydrogen) atoms. The van der Waals surface area contributed by atoms with Crippen molar-refractivity contribution in [1.82, 2.24) is 0 Å². The topological polar surface area (TPSA) is 57.6 Å². The number of rotatable bonds is 4. The summed E-state index contributed by atoms with van der Waals surface area (Å²) in [5, 5.41) is 11.6. The summed E-state index contributed by atoms with van der Waals surface area (Å²) in [6.45, 7) is 0. The number of aliphatic hydroxyl groups excluding tert-OH is 1. The summed E-state index contributed by atoms with van der Waals surface area (Å²) in [5.41, 5.74) is 1.52. The molecule has 1 aliphatic heterocycles. The lowest BCUT2D eigenvalue weighted by molar-refractivity contribution is -0.117. The SMILES string of the molecule is O=C(C1=C(O)C(=O)N(c2cccc(Cl)c2)C1c1ccc(Cl)cc1)c1ccccc1. The molecule has 1 heterocycles. The van der Waals surface area contributed by atoms with E-state index in [0.717, 1.165) is 0 Å². The molecule has 1 aliphatic rings. The van der Waals surface area contributed by atoms with Gasteiger partial charge in [-0.3, -0.25) is 14.5 Å². The van der Waals surface area contributed by atoms with Gasteiger partial charge in [0.2, 0.25) is 0 Å². The lowest BCUT2D eigenvalue weighted by atomic mass is 9.92. The van der Waals surface area contributed by atoms with Crippen molar-refractivity contribution < 1.29 is 14.7 Å². The molecule has 0 saturated carbocycles. The van der Waals surface area contributed by atoms with E-state index in [0.29, 0.717) is 26.9 Å². The minimum absolute atomic E-state index is 0.0171. The minimum Gasteiger partial charge on any atom is -0.503 e. The third-order valence-electron chi connectivity index (χ3n) is 4.76. The van der Waals surface area contributed by atoms with Crippen molar-refractivity contribution in [2.45, 2.75) is 6.04 Å². The van der Waals surface area contributed by atoms with Crippen molar-refractivity contribution in [1.29, 1.82) is 0 Å². The Kier molecular flexibility index (Phi) is 5.14. The van der Waals surface area contributed by atoms with Gasteiger partial charge >= 0.3 is 0 Å². The van der Waals surface area contributed by atoms with Gasteiger partial charge in [0.05, 0.1) is 11.6 Å². The van der Waals surface area contributed by atoms with Crippen LogP contribution in [0.3, 0.4) is 0 Å². The van der Waals surface area contributed by atoms with Crippen LogP contribution < -0.4 is 4.90 Å². The van der Waals surface area contributed by atoms with Gasteiger partial charge in [-0.15, -0.1) is 0 Å². The summed E-state index contributed by atoms with van der Waals surface area (Å²) in [6.07, 6.45) is 0. The quantitative estimate of drug-likeness (QED) is 0.541. The van der Waals surface area contributed by atoms with Gasteiger partial charge in [0.1, 0.15) is 0 Å². The first-order chi connectivity index (χ1) is 14.0. The fourth-order valence-electron chi connectivity index (χ4n) is 3.43. The zero-order valence-electron chi connectivity index (χ0n) is 15.0. The van der Waals surface area contributed by atoms with Gasteiger partial charge in [-0.05, 0) is 35.9 Å². The van der Waals surface area contributed by atoms with Gasteiger partial charge < -0.3 is 5.11 Å². The Morgan fingerprint density at radius 2 is 1.55 bits per heavy atom. The van der Waals surface area contributed by atoms with Crippen LogP contribution in [0.2, 0.25) is 10.0 Å². The van der Waals surface area contributed by atoms with Crippen molar-refractivity contribution >= 4 is 40.6 Å². The van der Waals surface area contributed by atoms with E-state index < -0.39 is 23.5 Å². The number of hydrogen-bond acceptors (Lipinski definition) is 3. The van der Waals surface area contributed by atoms with Crippen LogP contribution in [0.1, 0.15) is 22.0 Å². The number of nitrogens with zero attached hydrogens (tertiary/aromatic N) is 1. The highest BCUT2D eigenvalue weighted by atomic mass is 35.5. The Hall–Kier alpha value is -3.08. The number of anilines is 1.